The fourth-order valence-electron chi connectivity index (χ4n) is 8.47. The summed E-state index contributed by atoms with van der Waals surface area (Å²) in [5.41, 5.74) is 7.91. The number of aromatic nitrogens is 1. The van der Waals surface area contributed by atoms with Crippen molar-refractivity contribution in [3.05, 3.63) is 30.0 Å². The van der Waals surface area contributed by atoms with E-state index >= 15 is 0 Å². The summed E-state index contributed by atoms with van der Waals surface area (Å²) in [6.45, 7) is 1.01. The van der Waals surface area contributed by atoms with Gasteiger partial charge in [0.2, 0.25) is 11.8 Å². The number of amides is 2. The van der Waals surface area contributed by atoms with E-state index in [1.54, 1.807) is 6.07 Å². The van der Waals surface area contributed by atoms with E-state index in [0.717, 1.165) is 55.8 Å². The molecule has 2 aliphatic heterocycles. The van der Waals surface area contributed by atoms with Crippen molar-refractivity contribution in [2.45, 2.75) is 95.2 Å². The van der Waals surface area contributed by atoms with Crippen molar-refractivity contribution in [2.24, 2.45) is 36.5 Å². The van der Waals surface area contributed by atoms with Gasteiger partial charge >= 0.3 is 5.97 Å². The first kappa shape index (κ1) is 32.0. The van der Waals surface area contributed by atoms with E-state index in [2.05, 4.69) is 5.32 Å². The number of hydrogen-bond acceptors (Lipinski definition) is 6. The maximum Gasteiger partial charge on any atom is 0.355 e. The van der Waals surface area contributed by atoms with Crippen molar-refractivity contribution in [3.8, 4) is 0 Å². The number of rotatable bonds is 9. The second-order valence-electron chi connectivity index (χ2n) is 13.8. The highest BCUT2D eigenvalue weighted by Gasteiger charge is 2.47. The molecule has 0 bridgehead atoms. The maximum absolute atomic E-state index is 14.1. The van der Waals surface area contributed by atoms with E-state index in [1.807, 2.05) is 34.7 Å². The summed E-state index contributed by atoms with van der Waals surface area (Å²) in [6.07, 6.45) is 11.3. The minimum atomic E-state index is -0.531. The van der Waals surface area contributed by atoms with E-state index < -0.39 is 24.7 Å². The molecule has 45 heavy (non-hydrogen) atoms. The molecule has 4 fully saturated rings. The maximum atomic E-state index is 14.1. The van der Waals surface area contributed by atoms with Crippen LogP contribution in [0.1, 0.15) is 87.5 Å². The van der Waals surface area contributed by atoms with Crippen molar-refractivity contribution in [2.75, 3.05) is 31.7 Å². The van der Waals surface area contributed by atoms with E-state index in [4.69, 9.17) is 15.2 Å². The number of anilines is 1. The normalized spacial score (nSPS) is 28.3. The van der Waals surface area contributed by atoms with Crippen molar-refractivity contribution < 1.29 is 28.2 Å². The smallest absolute Gasteiger partial charge is 0.355 e. The number of carbonyl (C=O) groups is 3. The quantitative estimate of drug-likeness (QED) is 0.364. The lowest BCUT2D eigenvalue weighted by Gasteiger charge is -2.36. The molecule has 0 spiro atoms. The molecule has 6 rings (SSSR count). The summed E-state index contributed by atoms with van der Waals surface area (Å²) < 4.78 is 26.1. The van der Waals surface area contributed by atoms with Crippen LogP contribution < -0.4 is 11.1 Å². The highest BCUT2D eigenvalue weighted by molar-refractivity contribution is 6.01. The third-order valence-corrected chi connectivity index (χ3v) is 11.1. The van der Waals surface area contributed by atoms with Gasteiger partial charge in [-0.05, 0) is 87.0 Å². The molecule has 0 unspecified atom stereocenters. The van der Waals surface area contributed by atoms with Crippen LogP contribution in [0.5, 0.6) is 0 Å². The number of nitrogens with one attached hydrogen (secondary N) is 1. The standard InChI is InChI=1S/C35H49FN4O5/c1-39-30-14-13-26(18-25(30)19-31(39)35(43)45-21-27-8-5-17-44-27)38-33(41)32-28(22-6-3-2-4-7-22)15-16-40(32)34(42)24-11-9-23(10-12-24)29(37)20-36/h13-14,18-19,22-24,27-29,32H,2-12,15-17,20-21,37H2,1H3,(H,38,41)/t23?,24?,27-,28-,29+,32-/m0/s1. The molecule has 2 saturated heterocycles. The largest absolute Gasteiger partial charge is 0.458 e. The van der Waals surface area contributed by atoms with Crippen LogP contribution in [0, 0.1) is 23.7 Å². The van der Waals surface area contributed by atoms with Crippen molar-refractivity contribution in [1.29, 1.82) is 0 Å². The zero-order valence-electron chi connectivity index (χ0n) is 26.6. The Balaban J connectivity index is 1.17. The summed E-state index contributed by atoms with van der Waals surface area (Å²) >= 11 is 0. The number of fused-ring (bicyclic) bond motifs is 1. The average molecular weight is 625 g/mol. The topological polar surface area (TPSA) is 116 Å². The Bertz CT molecular complexity index is 1360. The molecule has 4 aliphatic rings. The number of alkyl halides is 1. The molecular weight excluding hydrogens is 575 g/mol. The van der Waals surface area contributed by atoms with Gasteiger partial charge in [0.05, 0.1) is 6.10 Å². The van der Waals surface area contributed by atoms with Crippen LogP contribution in [0.15, 0.2) is 24.3 Å². The number of esters is 1. The van der Waals surface area contributed by atoms with Gasteiger partial charge in [-0.3, -0.25) is 9.59 Å². The van der Waals surface area contributed by atoms with Gasteiger partial charge in [-0.2, -0.15) is 0 Å². The van der Waals surface area contributed by atoms with Crippen LogP contribution >= 0.6 is 0 Å². The van der Waals surface area contributed by atoms with E-state index in [0.29, 0.717) is 43.3 Å². The second-order valence-corrected chi connectivity index (χ2v) is 13.8. The third-order valence-electron chi connectivity index (χ3n) is 11.1. The fourth-order valence-corrected chi connectivity index (χ4v) is 8.47. The molecule has 4 atom stereocenters. The number of nitrogens with zero attached hydrogens (tertiary/aromatic N) is 2. The number of ether oxygens (including phenoxy) is 2. The van der Waals surface area contributed by atoms with Gasteiger partial charge < -0.3 is 30.0 Å². The molecule has 246 valence electrons. The summed E-state index contributed by atoms with van der Waals surface area (Å²) in [4.78, 5) is 42.8. The van der Waals surface area contributed by atoms with Crippen LogP contribution in [0.4, 0.5) is 10.1 Å². The zero-order valence-corrected chi connectivity index (χ0v) is 26.6. The monoisotopic (exact) mass is 624 g/mol. The lowest BCUT2D eigenvalue weighted by Crippen LogP contribution is -2.50. The van der Waals surface area contributed by atoms with Gasteiger partial charge in [0.1, 0.15) is 25.0 Å². The lowest BCUT2D eigenvalue weighted by molar-refractivity contribution is -0.142. The average Bonchev–Trinajstić information content (AvgIpc) is 3.83. The van der Waals surface area contributed by atoms with Gasteiger partial charge in [0.15, 0.2) is 0 Å². The number of benzene rings is 1. The molecule has 10 heteroatoms. The first-order valence-corrected chi connectivity index (χ1v) is 17.1. The van der Waals surface area contributed by atoms with Crippen LogP contribution in [0.25, 0.3) is 10.9 Å². The van der Waals surface area contributed by atoms with Crippen molar-refractivity contribution in [3.63, 3.8) is 0 Å². The molecule has 2 amide bonds. The van der Waals surface area contributed by atoms with Crippen molar-refractivity contribution >= 4 is 34.4 Å². The molecule has 2 saturated carbocycles. The van der Waals surface area contributed by atoms with Crippen LogP contribution in [-0.4, -0.2) is 71.9 Å². The third kappa shape index (κ3) is 6.92. The molecule has 1 aromatic carbocycles. The van der Waals surface area contributed by atoms with Crippen molar-refractivity contribution in [1.82, 2.24) is 9.47 Å². The first-order valence-electron chi connectivity index (χ1n) is 17.1. The number of halogens is 1. The van der Waals surface area contributed by atoms with Gasteiger partial charge in [0, 0.05) is 48.7 Å². The van der Waals surface area contributed by atoms with E-state index in [1.165, 1.54) is 19.3 Å². The Hall–Kier alpha value is -2.98. The Morgan fingerprint density at radius 3 is 2.51 bits per heavy atom. The second kappa shape index (κ2) is 14.2. The number of carbonyl (C=O) groups excluding carboxylic acids is 3. The predicted octanol–water partition coefficient (Wildman–Crippen LogP) is 5.35. The fraction of sp³-hybridized carbons (Fsp3) is 0.686. The van der Waals surface area contributed by atoms with Gasteiger partial charge in [-0.15, -0.1) is 0 Å². The molecule has 3 heterocycles. The summed E-state index contributed by atoms with van der Waals surface area (Å²) in [5, 5.41) is 3.97. The van der Waals surface area contributed by atoms with E-state index in [9.17, 15) is 18.8 Å². The van der Waals surface area contributed by atoms with Crippen LogP contribution in [0.2, 0.25) is 0 Å². The number of hydrogen-bond donors (Lipinski definition) is 2. The Kier molecular flexibility index (Phi) is 10.1. The highest BCUT2D eigenvalue weighted by atomic mass is 19.1. The van der Waals surface area contributed by atoms with Gasteiger partial charge in [-0.25, -0.2) is 9.18 Å². The first-order chi connectivity index (χ1) is 21.8. The Morgan fingerprint density at radius 1 is 1.02 bits per heavy atom. The number of nitrogens with two attached hydrogens (primary N) is 1. The molecule has 3 N–H and O–H groups in total. The number of likely N-dealkylation sites (tertiary alicyclic amines) is 1. The molecule has 9 nitrogen and oxygen atoms in total. The van der Waals surface area contributed by atoms with Crippen LogP contribution in [0.3, 0.4) is 0 Å². The van der Waals surface area contributed by atoms with Gasteiger partial charge in [-0.1, -0.05) is 32.1 Å². The lowest BCUT2D eigenvalue weighted by atomic mass is 9.76. The Labute approximate surface area is 265 Å². The molecule has 0 radical (unpaired) electrons. The summed E-state index contributed by atoms with van der Waals surface area (Å²) in [6, 6.07) is 6.46. The minimum Gasteiger partial charge on any atom is -0.458 e. The molecular formula is C35H49FN4O5. The van der Waals surface area contributed by atoms with Gasteiger partial charge in [0.25, 0.3) is 0 Å². The summed E-state index contributed by atoms with van der Waals surface area (Å²) in [7, 11) is 1.83. The van der Waals surface area contributed by atoms with E-state index in [-0.39, 0.29) is 42.3 Å². The molecule has 1 aromatic heterocycles. The number of aryl methyl sites for hydroxylation is 1. The van der Waals surface area contributed by atoms with Crippen LogP contribution in [-0.2, 0) is 26.1 Å². The summed E-state index contributed by atoms with van der Waals surface area (Å²) in [5.74, 6) is 0.0600. The minimum absolute atomic E-state index is 0.0420. The Morgan fingerprint density at radius 2 is 1.80 bits per heavy atom. The SMILES string of the molecule is Cn1c(C(=O)OC[C@@H]2CCCO2)cc2cc(NC(=O)[C@@H]3[C@H](C4CCCCC4)CCN3C(=O)C3CCC([C@H](N)CF)CC3)ccc21. The molecule has 2 aromatic rings. The predicted molar refractivity (Wildman–Crippen MR) is 170 cm³/mol. The highest BCUT2D eigenvalue weighted by Crippen LogP contribution is 2.41. The zero-order chi connectivity index (χ0) is 31.5. The molecule has 2 aliphatic carbocycles.